The SMILES string of the molecule is COCc1cc(C)nc(NN=Cc2ccc(C=NNc3nc(C)cc(COC)c3C#N)cc2)c1C#N. The molecule has 0 fully saturated rings. The molecule has 2 N–H and O–H groups in total. The number of methoxy groups -OCH3 is 2. The monoisotopic (exact) mass is 482 g/mol. The maximum absolute atomic E-state index is 9.51. The average Bonchev–Trinajstić information content (AvgIpc) is 2.85. The van der Waals surface area contributed by atoms with Crippen LogP contribution in [0.15, 0.2) is 46.6 Å². The van der Waals surface area contributed by atoms with Gasteiger partial charge in [0.2, 0.25) is 0 Å². The number of benzene rings is 1. The summed E-state index contributed by atoms with van der Waals surface area (Å²) >= 11 is 0. The molecule has 0 spiro atoms. The van der Waals surface area contributed by atoms with Gasteiger partial charge in [0.1, 0.15) is 23.3 Å². The predicted molar refractivity (Wildman–Crippen MR) is 138 cm³/mol. The first-order valence-electron chi connectivity index (χ1n) is 11.0. The van der Waals surface area contributed by atoms with Crippen molar-refractivity contribution in [2.75, 3.05) is 25.1 Å². The van der Waals surface area contributed by atoms with Crippen molar-refractivity contribution >= 4 is 24.1 Å². The summed E-state index contributed by atoms with van der Waals surface area (Å²) in [7, 11) is 3.16. The van der Waals surface area contributed by atoms with E-state index in [9.17, 15) is 10.5 Å². The van der Waals surface area contributed by atoms with Crippen molar-refractivity contribution in [3.63, 3.8) is 0 Å². The Labute approximate surface area is 209 Å². The lowest BCUT2D eigenvalue weighted by molar-refractivity contribution is 0.184. The van der Waals surface area contributed by atoms with Crippen LogP contribution in [-0.2, 0) is 22.7 Å². The number of hydrogen-bond acceptors (Lipinski definition) is 10. The van der Waals surface area contributed by atoms with Crippen molar-refractivity contribution in [2.24, 2.45) is 10.2 Å². The minimum atomic E-state index is 0.314. The van der Waals surface area contributed by atoms with Gasteiger partial charge in [0.15, 0.2) is 11.6 Å². The molecule has 0 radical (unpaired) electrons. The number of ether oxygens (including phenoxy) is 2. The van der Waals surface area contributed by atoms with Crippen LogP contribution in [0.2, 0.25) is 0 Å². The Morgan fingerprint density at radius 2 is 1.17 bits per heavy atom. The van der Waals surface area contributed by atoms with Crippen LogP contribution in [0, 0.1) is 36.5 Å². The normalized spacial score (nSPS) is 10.9. The number of anilines is 2. The molecular weight excluding hydrogens is 456 g/mol. The largest absolute Gasteiger partial charge is 0.380 e. The molecule has 0 amide bonds. The number of aryl methyl sites for hydroxylation is 2. The van der Waals surface area contributed by atoms with Crippen LogP contribution >= 0.6 is 0 Å². The second kappa shape index (κ2) is 12.7. The minimum Gasteiger partial charge on any atom is -0.380 e. The van der Waals surface area contributed by atoms with Gasteiger partial charge >= 0.3 is 0 Å². The molecule has 0 saturated heterocycles. The highest BCUT2D eigenvalue weighted by Gasteiger charge is 2.12. The van der Waals surface area contributed by atoms with Crippen molar-refractivity contribution in [1.82, 2.24) is 9.97 Å². The van der Waals surface area contributed by atoms with Gasteiger partial charge in [-0.05, 0) is 37.1 Å². The quantitative estimate of drug-likeness (QED) is 0.326. The molecule has 2 heterocycles. The van der Waals surface area contributed by atoms with E-state index >= 15 is 0 Å². The van der Waals surface area contributed by atoms with Crippen LogP contribution in [-0.4, -0.2) is 36.6 Å². The Kier molecular flexibility index (Phi) is 9.18. The molecule has 182 valence electrons. The highest BCUT2D eigenvalue weighted by Crippen LogP contribution is 2.20. The number of nitriles is 2. The third-order valence-electron chi connectivity index (χ3n) is 4.99. The molecule has 0 saturated carbocycles. The predicted octanol–water partition coefficient (Wildman–Crippen LogP) is 4.02. The molecule has 10 nitrogen and oxygen atoms in total. The Morgan fingerprint density at radius 1 is 0.778 bits per heavy atom. The Hall–Kier alpha value is -4.64. The number of nitrogens with one attached hydrogen (secondary N) is 2. The van der Waals surface area contributed by atoms with Crippen LogP contribution in [0.3, 0.4) is 0 Å². The van der Waals surface area contributed by atoms with Crippen molar-refractivity contribution in [2.45, 2.75) is 27.1 Å². The van der Waals surface area contributed by atoms with E-state index in [0.717, 1.165) is 33.6 Å². The zero-order chi connectivity index (χ0) is 25.9. The molecule has 3 rings (SSSR count). The van der Waals surface area contributed by atoms with Crippen LogP contribution in [0.5, 0.6) is 0 Å². The van der Waals surface area contributed by atoms with Gasteiger partial charge in [0, 0.05) is 36.7 Å². The maximum atomic E-state index is 9.51. The summed E-state index contributed by atoms with van der Waals surface area (Å²) in [4.78, 5) is 8.73. The van der Waals surface area contributed by atoms with Crippen molar-refractivity contribution in [1.29, 1.82) is 10.5 Å². The number of pyridine rings is 2. The van der Waals surface area contributed by atoms with Gasteiger partial charge < -0.3 is 9.47 Å². The molecular formula is C26H26N8O2. The Balaban J connectivity index is 1.67. The first-order valence-corrected chi connectivity index (χ1v) is 11.0. The maximum Gasteiger partial charge on any atom is 0.164 e. The lowest BCUT2D eigenvalue weighted by Gasteiger charge is -2.09. The first kappa shape index (κ1) is 26.0. The van der Waals surface area contributed by atoms with Gasteiger partial charge in [-0.1, -0.05) is 24.3 Å². The van der Waals surface area contributed by atoms with Crippen LogP contribution in [0.25, 0.3) is 0 Å². The lowest BCUT2D eigenvalue weighted by Crippen LogP contribution is -2.03. The highest BCUT2D eigenvalue weighted by molar-refractivity contribution is 5.84. The lowest BCUT2D eigenvalue weighted by atomic mass is 10.1. The number of rotatable bonds is 10. The van der Waals surface area contributed by atoms with Gasteiger partial charge in [-0.15, -0.1) is 0 Å². The highest BCUT2D eigenvalue weighted by atomic mass is 16.5. The summed E-state index contributed by atoms with van der Waals surface area (Å²) in [5, 5.41) is 27.5. The van der Waals surface area contributed by atoms with E-state index < -0.39 is 0 Å². The average molecular weight is 483 g/mol. The van der Waals surface area contributed by atoms with E-state index in [2.05, 4.69) is 43.2 Å². The zero-order valence-corrected chi connectivity index (χ0v) is 20.5. The minimum absolute atomic E-state index is 0.314. The van der Waals surface area contributed by atoms with Crippen LogP contribution in [0.4, 0.5) is 11.6 Å². The van der Waals surface area contributed by atoms with E-state index in [-0.39, 0.29) is 0 Å². The van der Waals surface area contributed by atoms with Gasteiger partial charge in [-0.3, -0.25) is 10.9 Å². The smallest absolute Gasteiger partial charge is 0.164 e. The molecule has 0 unspecified atom stereocenters. The molecule has 36 heavy (non-hydrogen) atoms. The molecule has 0 bridgehead atoms. The third kappa shape index (κ3) is 6.70. The topological polar surface area (TPSA) is 141 Å². The molecule has 2 aromatic heterocycles. The summed E-state index contributed by atoms with van der Waals surface area (Å²) < 4.78 is 10.3. The molecule has 0 atom stereocenters. The summed E-state index contributed by atoms with van der Waals surface area (Å²) in [6.45, 7) is 4.32. The first-order chi connectivity index (χ1) is 17.5. The molecule has 0 aliphatic carbocycles. The number of hydrazone groups is 2. The second-order valence-corrected chi connectivity index (χ2v) is 7.79. The van der Waals surface area contributed by atoms with Crippen molar-refractivity contribution in [3.8, 4) is 12.1 Å². The number of aromatic nitrogens is 2. The van der Waals surface area contributed by atoms with E-state index in [1.807, 2.05) is 50.2 Å². The van der Waals surface area contributed by atoms with Gasteiger partial charge in [0.05, 0.1) is 25.6 Å². The molecule has 0 aliphatic heterocycles. The Morgan fingerprint density at radius 3 is 1.50 bits per heavy atom. The van der Waals surface area contributed by atoms with Crippen LogP contribution < -0.4 is 10.9 Å². The Bertz CT molecular complexity index is 1250. The summed E-state index contributed by atoms with van der Waals surface area (Å²) in [6.07, 6.45) is 3.26. The van der Waals surface area contributed by atoms with Crippen molar-refractivity contribution in [3.05, 3.63) is 81.2 Å². The zero-order valence-electron chi connectivity index (χ0n) is 20.5. The fourth-order valence-electron chi connectivity index (χ4n) is 3.44. The van der Waals surface area contributed by atoms with Gasteiger partial charge in [0.25, 0.3) is 0 Å². The fourth-order valence-corrected chi connectivity index (χ4v) is 3.44. The summed E-state index contributed by atoms with van der Waals surface area (Å²) in [6, 6.07) is 15.5. The summed E-state index contributed by atoms with van der Waals surface area (Å²) in [5.74, 6) is 0.761. The van der Waals surface area contributed by atoms with E-state index in [1.165, 1.54) is 0 Å². The van der Waals surface area contributed by atoms with E-state index in [4.69, 9.17) is 9.47 Å². The number of nitrogens with zero attached hydrogens (tertiary/aromatic N) is 6. The summed E-state index contributed by atoms with van der Waals surface area (Å²) in [5.41, 5.74) is 11.2. The third-order valence-corrected chi connectivity index (χ3v) is 4.99. The van der Waals surface area contributed by atoms with E-state index in [1.54, 1.807) is 26.6 Å². The molecule has 10 heteroatoms. The second-order valence-electron chi connectivity index (χ2n) is 7.79. The molecule has 3 aromatic rings. The molecule has 0 aliphatic rings. The van der Waals surface area contributed by atoms with E-state index in [0.29, 0.717) is 36.0 Å². The van der Waals surface area contributed by atoms with Gasteiger partial charge in [-0.25, -0.2) is 9.97 Å². The van der Waals surface area contributed by atoms with Crippen molar-refractivity contribution < 1.29 is 9.47 Å². The fraction of sp³-hybridized carbons (Fsp3) is 0.231. The van der Waals surface area contributed by atoms with Crippen LogP contribution in [0.1, 0.15) is 44.8 Å². The van der Waals surface area contributed by atoms with Gasteiger partial charge in [-0.2, -0.15) is 20.7 Å². The standard InChI is InChI=1S/C26H26N8O2/c1-17-9-21(15-35-3)23(11-27)25(31-17)33-29-13-19-5-7-20(8-6-19)14-30-34-26-24(12-28)22(16-36-4)10-18(2)32-26/h5-10,13-14H,15-16H2,1-4H3,(H,31,33)(H,32,34). The number of hydrogen-bond donors (Lipinski definition) is 2. The molecule has 1 aromatic carbocycles.